The molecule has 0 radical (unpaired) electrons. The lowest BCUT2D eigenvalue weighted by atomic mass is 10.0. The minimum Gasteiger partial charge on any atom is -0.436 e. The quantitative estimate of drug-likeness (QED) is 0.386. The van der Waals surface area contributed by atoms with Gasteiger partial charge >= 0.3 is 0 Å². The Balaban J connectivity index is 1.60. The van der Waals surface area contributed by atoms with Crippen molar-refractivity contribution in [2.45, 2.75) is 4.90 Å². The van der Waals surface area contributed by atoms with E-state index in [0.29, 0.717) is 17.2 Å². The molecule has 0 unspecified atom stereocenters. The van der Waals surface area contributed by atoms with E-state index in [1.807, 2.05) is 24.3 Å². The van der Waals surface area contributed by atoms with Crippen molar-refractivity contribution in [1.29, 1.82) is 0 Å². The lowest BCUT2D eigenvalue weighted by Crippen LogP contribution is -1.81. The van der Waals surface area contributed by atoms with Crippen LogP contribution in [0.2, 0.25) is 0 Å². The first-order valence-electron chi connectivity index (χ1n) is 8.20. The third kappa shape index (κ3) is 3.28. The SMILES string of the molecule is CSc1ccc(-c2ccc(-c3ncc(-c4ccccc4F)o3)cc2)cc1. The van der Waals surface area contributed by atoms with Crippen LogP contribution in [0.15, 0.2) is 88.3 Å². The monoisotopic (exact) mass is 361 g/mol. The van der Waals surface area contributed by atoms with Crippen LogP contribution in [0.4, 0.5) is 4.39 Å². The van der Waals surface area contributed by atoms with Gasteiger partial charge in [0.1, 0.15) is 5.82 Å². The first-order valence-corrected chi connectivity index (χ1v) is 9.42. The van der Waals surface area contributed by atoms with Crippen LogP contribution in [0.25, 0.3) is 33.9 Å². The minimum absolute atomic E-state index is 0.320. The van der Waals surface area contributed by atoms with E-state index in [9.17, 15) is 4.39 Å². The third-order valence-corrected chi connectivity index (χ3v) is 4.94. The second-order valence-corrected chi connectivity index (χ2v) is 6.70. The molecule has 128 valence electrons. The molecule has 3 aromatic carbocycles. The molecule has 0 fully saturated rings. The predicted molar refractivity (Wildman–Crippen MR) is 105 cm³/mol. The van der Waals surface area contributed by atoms with Crippen LogP contribution in [0.1, 0.15) is 0 Å². The van der Waals surface area contributed by atoms with Gasteiger partial charge in [-0.25, -0.2) is 9.37 Å². The lowest BCUT2D eigenvalue weighted by Gasteiger charge is -2.04. The van der Waals surface area contributed by atoms with Crippen molar-refractivity contribution in [3.05, 3.63) is 84.8 Å². The zero-order chi connectivity index (χ0) is 17.9. The van der Waals surface area contributed by atoms with Crippen LogP contribution >= 0.6 is 11.8 Å². The molecular formula is C22H16FNOS. The zero-order valence-corrected chi connectivity index (χ0v) is 15.0. The molecule has 4 heteroatoms. The summed E-state index contributed by atoms with van der Waals surface area (Å²) in [6.07, 6.45) is 3.62. The van der Waals surface area contributed by atoms with Gasteiger partial charge < -0.3 is 4.42 Å². The summed E-state index contributed by atoms with van der Waals surface area (Å²) in [5.41, 5.74) is 3.56. The number of nitrogens with zero attached hydrogens (tertiary/aromatic N) is 1. The van der Waals surface area contributed by atoms with E-state index in [2.05, 4.69) is 35.5 Å². The van der Waals surface area contributed by atoms with E-state index >= 15 is 0 Å². The highest BCUT2D eigenvalue weighted by molar-refractivity contribution is 7.98. The number of aromatic nitrogens is 1. The van der Waals surface area contributed by atoms with Crippen LogP contribution in [0.3, 0.4) is 0 Å². The van der Waals surface area contributed by atoms with Gasteiger partial charge in [0, 0.05) is 10.5 Å². The van der Waals surface area contributed by atoms with E-state index in [1.165, 1.54) is 11.0 Å². The van der Waals surface area contributed by atoms with Crippen LogP contribution in [0, 0.1) is 5.82 Å². The summed E-state index contributed by atoms with van der Waals surface area (Å²) in [7, 11) is 0. The maximum atomic E-state index is 13.9. The van der Waals surface area contributed by atoms with Crippen LogP contribution in [0.5, 0.6) is 0 Å². The van der Waals surface area contributed by atoms with Gasteiger partial charge in [0.05, 0.1) is 11.8 Å². The fraction of sp³-hybridized carbons (Fsp3) is 0.0455. The first kappa shape index (κ1) is 16.6. The summed E-state index contributed by atoms with van der Waals surface area (Å²) < 4.78 is 19.7. The fourth-order valence-corrected chi connectivity index (χ4v) is 3.19. The molecular weight excluding hydrogens is 345 g/mol. The van der Waals surface area contributed by atoms with E-state index in [-0.39, 0.29) is 5.82 Å². The van der Waals surface area contributed by atoms with E-state index in [4.69, 9.17) is 4.42 Å². The smallest absolute Gasteiger partial charge is 0.226 e. The maximum absolute atomic E-state index is 13.9. The highest BCUT2D eigenvalue weighted by Crippen LogP contribution is 2.29. The first-order chi connectivity index (χ1) is 12.7. The molecule has 4 aromatic rings. The van der Waals surface area contributed by atoms with Gasteiger partial charge in [-0.15, -0.1) is 11.8 Å². The molecule has 0 N–H and O–H groups in total. The van der Waals surface area contributed by atoms with Crippen molar-refractivity contribution in [1.82, 2.24) is 4.98 Å². The standard InChI is InChI=1S/C22H16FNOS/c1-26-18-12-10-16(11-13-18)15-6-8-17(9-7-15)22-24-14-21(25-22)19-4-2-3-5-20(19)23/h2-14H,1H3. The largest absolute Gasteiger partial charge is 0.436 e. The Bertz CT molecular complexity index is 1020. The molecule has 4 rings (SSSR count). The minimum atomic E-state index is -0.320. The number of thioether (sulfide) groups is 1. The Kier molecular flexibility index (Phi) is 4.59. The Hall–Kier alpha value is -2.85. The second-order valence-electron chi connectivity index (χ2n) is 5.82. The molecule has 1 aromatic heterocycles. The molecule has 1 heterocycles. The van der Waals surface area contributed by atoms with E-state index < -0.39 is 0 Å². The molecule has 0 aliphatic rings. The Morgan fingerprint density at radius 1 is 0.808 bits per heavy atom. The molecule has 0 amide bonds. The number of hydrogen-bond acceptors (Lipinski definition) is 3. The number of benzene rings is 3. The van der Waals surface area contributed by atoms with Gasteiger partial charge in [-0.1, -0.05) is 36.4 Å². The molecule has 0 atom stereocenters. The normalized spacial score (nSPS) is 10.8. The van der Waals surface area contributed by atoms with Crippen molar-refractivity contribution in [3.8, 4) is 33.9 Å². The predicted octanol–water partition coefficient (Wildman–Crippen LogP) is 6.54. The Morgan fingerprint density at radius 2 is 1.42 bits per heavy atom. The summed E-state index contributed by atoms with van der Waals surface area (Å²) in [6.45, 7) is 0. The lowest BCUT2D eigenvalue weighted by molar-refractivity contribution is 0.575. The van der Waals surface area contributed by atoms with Crippen LogP contribution < -0.4 is 0 Å². The molecule has 0 spiro atoms. The average Bonchev–Trinajstić information content (AvgIpc) is 3.18. The van der Waals surface area contributed by atoms with Gasteiger partial charge in [-0.3, -0.25) is 0 Å². The Labute approximate surface area is 155 Å². The van der Waals surface area contributed by atoms with Gasteiger partial charge in [0.25, 0.3) is 0 Å². The summed E-state index contributed by atoms with van der Waals surface area (Å²) in [5, 5.41) is 0. The highest BCUT2D eigenvalue weighted by atomic mass is 32.2. The maximum Gasteiger partial charge on any atom is 0.226 e. The third-order valence-electron chi connectivity index (χ3n) is 4.20. The highest BCUT2D eigenvalue weighted by Gasteiger charge is 2.11. The molecule has 0 aliphatic carbocycles. The summed E-state index contributed by atoms with van der Waals surface area (Å²) in [6, 6.07) is 23.0. The van der Waals surface area contributed by atoms with Gasteiger partial charge in [0.15, 0.2) is 5.76 Å². The molecule has 0 saturated carbocycles. The number of halogens is 1. The Morgan fingerprint density at radius 3 is 2.08 bits per heavy atom. The molecule has 0 aliphatic heterocycles. The van der Waals surface area contributed by atoms with Crippen molar-refractivity contribution in [2.75, 3.05) is 6.26 Å². The molecule has 26 heavy (non-hydrogen) atoms. The summed E-state index contributed by atoms with van der Waals surface area (Å²) >= 11 is 1.73. The fourth-order valence-electron chi connectivity index (χ4n) is 2.78. The van der Waals surface area contributed by atoms with Crippen molar-refractivity contribution >= 4 is 11.8 Å². The topological polar surface area (TPSA) is 26.0 Å². The van der Waals surface area contributed by atoms with Gasteiger partial charge in [-0.05, 0) is 53.8 Å². The molecule has 0 saturated heterocycles. The number of hydrogen-bond donors (Lipinski definition) is 0. The van der Waals surface area contributed by atoms with Crippen LogP contribution in [-0.2, 0) is 0 Å². The number of oxazole rings is 1. The van der Waals surface area contributed by atoms with Crippen molar-refractivity contribution < 1.29 is 8.81 Å². The average molecular weight is 361 g/mol. The second kappa shape index (κ2) is 7.18. The van der Waals surface area contributed by atoms with Crippen molar-refractivity contribution in [2.24, 2.45) is 0 Å². The molecule has 0 bridgehead atoms. The number of rotatable bonds is 4. The van der Waals surface area contributed by atoms with Crippen molar-refractivity contribution in [3.63, 3.8) is 0 Å². The molecule has 2 nitrogen and oxygen atoms in total. The summed E-state index contributed by atoms with van der Waals surface area (Å²) in [4.78, 5) is 5.53. The van der Waals surface area contributed by atoms with E-state index in [1.54, 1.807) is 36.2 Å². The summed E-state index contributed by atoms with van der Waals surface area (Å²) in [5.74, 6) is 0.585. The van der Waals surface area contributed by atoms with Gasteiger partial charge in [-0.2, -0.15) is 0 Å². The van der Waals surface area contributed by atoms with Crippen LogP contribution in [-0.4, -0.2) is 11.2 Å². The van der Waals surface area contributed by atoms with Gasteiger partial charge in [0.2, 0.25) is 5.89 Å². The van der Waals surface area contributed by atoms with E-state index in [0.717, 1.165) is 16.7 Å². The zero-order valence-electron chi connectivity index (χ0n) is 14.1.